The van der Waals surface area contributed by atoms with Crippen LogP contribution in [0.2, 0.25) is 0 Å². The molecule has 0 atom stereocenters. The minimum absolute atomic E-state index is 0.227. The molecule has 1 N–H and O–H groups in total. The molecule has 6 heteroatoms. The van der Waals surface area contributed by atoms with E-state index in [4.69, 9.17) is 9.47 Å². The van der Waals surface area contributed by atoms with Gasteiger partial charge < -0.3 is 9.47 Å². The lowest BCUT2D eigenvalue weighted by Gasteiger charge is -2.20. The smallest absolute Gasteiger partial charge is 0.241 e. The number of nitrogens with one attached hydrogen (secondary N) is 1. The molecule has 0 unspecified atom stereocenters. The fourth-order valence-corrected chi connectivity index (χ4v) is 4.07. The maximum absolute atomic E-state index is 13.0. The number of aryl methyl sites for hydroxylation is 1. The zero-order valence-corrected chi connectivity index (χ0v) is 16.9. The van der Waals surface area contributed by atoms with E-state index < -0.39 is 16.1 Å². The molecule has 5 nitrogen and oxygen atoms in total. The summed E-state index contributed by atoms with van der Waals surface area (Å²) in [4.78, 5) is 0.227. The van der Waals surface area contributed by atoms with Crippen molar-refractivity contribution in [3.8, 4) is 11.5 Å². The van der Waals surface area contributed by atoms with Crippen LogP contribution < -0.4 is 14.2 Å². The van der Waals surface area contributed by atoms with Crippen LogP contribution in [0.15, 0.2) is 77.7 Å². The van der Waals surface area contributed by atoms with E-state index >= 15 is 0 Å². The summed E-state index contributed by atoms with van der Waals surface area (Å²) in [6.45, 7) is 1.92. The van der Waals surface area contributed by atoms with Gasteiger partial charge in [-0.3, -0.25) is 0 Å². The third-order valence-corrected chi connectivity index (χ3v) is 5.94. The molecule has 0 amide bonds. The number of sulfonamides is 1. The zero-order valence-electron chi connectivity index (χ0n) is 16.0. The number of hydrogen-bond donors (Lipinski definition) is 1. The van der Waals surface area contributed by atoms with Crippen molar-refractivity contribution in [2.24, 2.45) is 0 Å². The van der Waals surface area contributed by atoms with E-state index in [-0.39, 0.29) is 4.90 Å². The summed E-state index contributed by atoms with van der Waals surface area (Å²) >= 11 is 0. The number of hydrogen-bond acceptors (Lipinski definition) is 4. The Kier molecular flexibility index (Phi) is 6.02. The van der Waals surface area contributed by atoms with Crippen LogP contribution in [0.1, 0.15) is 22.7 Å². The molecular weight excluding hydrogens is 374 g/mol. The Labute approximate surface area is 166 Å². The van der Waals surface area contributed by atoms with Crippen LogP contribution in [0.4, 0.5) is 0 Å². The topological polar surface area (TPSA) is 64.6 Å². The van der Waals surface area contributed by atoms with E-state index in [2.05, 4.69) is 4.72 Å². The highest BCUT2D eigenvalue weighted by atomic mass is 32.2. The normalized spacial score (nSPS) is 11.4. The van der Waals surface area contributed by atoms with Crippen molar-refractivity contribution in [2.75, 3.05) is 14.2 Å². The fraction of sp³-hybridized carbons (Fsp3) is 0.182. The van der Waals surface area contributed by atoms with Gasteiger partial charge in [-0.05, 0) is 54.4 Å². The molecule has 0 fully saturated rings. The Morgan fingerprint density at radius 1 is 0.714 bits per heavy atom. The number of ether oxygens (including phenoxy) is 2. The van der Waals surface area contributed by atoms with E-state index in [0.29, 0.717) is 11.5 Å². The minimum Gasteiger partial charge on any atom is -0.497 e. The van der Waals surface area contributed by atoms with Gasteiger partial charge >= 0.3 is 0 Å². The van der Waals surface area contributed by atoms with Gasteiger partial charge in [-0.15, -0.1) is 0 Å². The third-order valence-electron chi connectivity index (χ3n) is 4.50. The van der Waals surface area contributed by atoms with Crippen LogP contribution in [0, 0.1) is 6.92 Å². The van der Waals surface area contributed by atoms with E-state index in [0.717, 1.165) is 16.7 Å². The van der Waals surface area contributed by atoms with Gasteiger partial charge in [-0.25, -0.2) is 8.42 Å². The predicted octanol–water partition coefficient (Wildman–Crippen LogP) is 4.08. The van der Waals surface area contributed by atoms with Crippen molar-refractivity contribution in [1.82, 2.24) is 4.72 Å². The lowest BCUT2D eigenvalue weighted by atomic mass is 9.99. The molecule has 0 aliphatic carbocycles. The molecule has 3 rings (SSSR count). The second kappa shape index (κ2) is 8.46. The van der Waals surface area contributed by atoms with Crippen molar-refractivity contribution >= 4 is 10.0 Å². The van der Waals surface area contributed by atoms with Gasteiger partial charge in [0.25, 0.3) is 0 Å². The summed E-state index contributed by atoms with van der Waals surface area (Å²) in [7, 11) is -0.530. The molecule has 3 aromatic carbocycles. The van der Waals surface area contributed by atoms with Crippen LogP contribution in [0.25, 0.3) is 0 Å². The minimum atomic E-state index is -3.72. The Hall–Kier alpha value is -2.83. The fourth-order valence-electron chi connectivity index (χ4n) is 2.86. The van der Waals surface area contributed by atoms with E-state index in [9.17, 15) is 8.42 Å². The monoisotopic (exact) mass is 397 g/mol. The molecule has 0 spiro atoms. The first kappa shape index (κ1) is 19.9. The predicted molar refractivity (Wildman–Crippen MR) is 109 cm³/mol. The molecule has 0 aromatic heterocycles. The molecule has 0 aliphatic rings. The quantitative estimate of drug-likeness (QED) is 0.652. The van der Waals surface area contributed by atoms with Gasteiger partial charge in [0.05, 0.1) is 25.2 Å². The first-order valence-electron chi connectivity index (χ1n) is 8.80. The summed E-state index contributed by atoms with van der Waals surface area (Å²) < 4.78 is 39.2. The molecule has 0 bridgehead atoms. The van der Waals surface area contributed by atoms with Crippen molar-refractivity contribution < 1.29 is 17.9 Å². The maximum atomic E-state index is 13.0. The summed E-state index contributed by atoms with van der Waals surface area (Å²) in [5.74, 6) is 1.41. The van der Waals surface area contributed by atoms with E-state index in [1.165, 1.54) is 0 Å². The molecule has 0 saturated heterocycles. The Morgan fingerprint density at radius 3 is 1.54 bits per heavy atom. The van der Waals surface area contributed by atoms with Crippen LogP contribution in [0.3, 0.4) is 0 Å². The molecular formula is C22H23NO4S. The van der Waals surface area contributed by atoms with E-state index in [1.54, 1.807) is 38.5 Å². The average molecular weight is 397 g/mol. The highest BCUT2D eigenvalue weighted by Gasteiger charge is 2.23. The first-order valence-corrected chi connectivity index (χ1v) is 10.3. The van der Waals surface area contributed by atoms with Gasteiger partial charge in [-0.2, -0.15) is 4.72 Å². The number of methoxy groups -OCH3 is 2. The van der Waals surface area contributed by atoms with Gasteiger partial charge in [0.2, 0.25) is 10.0 Å². The van der Waals surface area contributed by atoms with Crippen molar-refractivity contribution in [1.29, 1.82) is 0 Å². The second-order valence-electron chi connectivity index (χ2n) is 6.41. The number of benzene rings is 3. The highest BCUT2D eigenvalue weighted by Crippen LogP contribution is 2.27. The molecule has 0 radical (unpaired) electrons. The van der Waals surface area contributed by atoms with Gasteiger partial charge in [0.1, 0.15) is 11.5 Å². The van der Waals surface area contributed by atoms with Crippen molar-refractivity contribution in [3.63, 3.8) is 0 Å². The standard InChI is InChI=1S/C22H23NO4S/c1-16-4-14-21(15-5-16)28(24,25)23-22(17-6-10-19(26-2)11-7-17)18-8-12-20(27-3)13-9-18/h4-15,22-23H,1-3H3. The van der Waals surface area contributed by atoms with Crippen LogP contribution in [-0.4, -0.2) is 22.6 Å². The van der Waals surface area contributed by atoms with Gasteiger partial charge in [0.15, 0.2) is 0 Å². The zero-order chi connectivity index (χ0) is 20.1. The molecule has 0 aliphatic heterocycles. The molecule has 0 saturated carbocycles. The summed E-state index contributed by atoms with van der Waals surface area (Å²) in [6.07, 6.45) is 0. The SMILES string of the molecule is COc1ccc(C(NS(=O)(=O)c2ccc(C)cc2)c2ccc(OC)cc2)cc1. The van der Waals surface area contributed by atoms with Gasteiger partial charge in [0, 0.05) is 0 Å². The Morgan fingerprint density at radius 2 is 1.14 bits per heavy atom. The van der Waals surface area contributed by atoms with Gasteiger partial charge in [-0.1, -0.05) is 42.0 Å². The Balaban J connectivity index is 2.00. The summed E-state index contributed by atoms with van der Waals surface area (Å²) in [6, 6.07) is 20.9. The summed E-state index contributed by atoms with van der Waals surface area (Å²) in [5.41, 5.74) is 2.61. The third kappa shape index (κ3) is 4.52. The largest absolute Gasteiger partial charge is 0.497 e. The van der Waals surface area contributed by atoms with Crippen LogP contribution in [0.5, 0.6) is 11.5 Å². The molecule has 28 heavy (non-hydrogen) atoms. The van der Waals surface area contributed by atoms with Crippen molar-refractivity contribution in [2.45, 2.75) is 17.9 Å². The van der Waals surface area contributed by atoms with E-state index in [1.807, 2.05) is 55.5 Å². The Bertz CT molecular complexity index is 964. The maximum Gasteiger partial charge on any atom is 0.241 e. The van der Waals surface area contributed by atoms with Crippen molar-refractivity contribution in [3.05, 3.63) is 89.5 Å². The average Bonchev–Trinajstić information content (AvgIpc) is 2.72. The number of rotatable bonds is 7. The highest BCUT2D eigenvalue weighted by molar-refractivity contribution is 7.89. The lowest BCUT2D eigenvalue weighted by Crippen LogP contribution is -2.29. The lowest BCUT2D eigenvalue weighted by molar-refractivity contribution is 0.414. The van der Waals surface area contributed by atoms with Crippen LogP contribution >= 0.6 is 0 Å². The second-order valence-corrected chi connectivity index (χ2v) is 8.13. The molecule has 146 valence electrons. The summed E-state index contributed by atoms with van der Waals surface area (Å²) in [5, 5.41) is 0. The van der Waals surface area contributed by atoms with Crippen LogP contribution in [-0.2, 0) is 10.0 Å². The first-order chi connectivity index (χ1) is 13.4. The molecule has 0 heterocycles. The molecule has 3 aromatic rings.